The fourth-order valence-electron chi connectivity index (χ4n) is 3.91. The lowest BCUT2D eigenvalue weighted by atomic mass is 10.1. The van der Waals surface area contributed by atoms with Gasteiger partial charge in [0.25, 0.3) is 0 Å². The van der Waals surface area contributed by atoms with Gasteiger partial charge in [0.2, 0.25) is 11.2 Å². The molecule has 4 aromatic heterocycles. The van der Waals surface area contributed by atoms with Gasteiger partial charge in [0.15, 0.2) is 0 Å². The summed E-state index contributed by atoms with van der Waals surface area (Å²) in [4.78, 5) is 26.5. The van der Waals surface area contributed by atoms with E-state index in [4.69, 9.17) is 16.6 Å². The van der Waals surface area contributed by atoms with Crippen LogP contribution in [0.2, 0.25) is 5.28 Å². The molecule has 0 saturated heterocycles. The van der Waals surface area contributed by atoms with E-state index in [-0.39, 0.29) is 11.3 Å². The SMILES string of the molecule is C[C@H](Nc1nccc(-n2cnc3cc4ncn(-c5ccnc(Cl)n5)c4cc32)n1)c1ccccc1. The highest BCUT2D eigenvalue weighted by atomic mass is 35.5. The summed E-state index contributed by atoms with van der Waals surface area (Å²) in [7, 11) is 0. The minimum absolute atomic E-state index is 0.0599. The number of nitrogens with one attached hydrogen (secondary N) is 1. The maximum Gasteiger partial charge on any atom is 0.225 e. The van der Waals surface area contributed by atoms with Crippen molar-refractivity contribution < 1.29 is 0 Å². The molecule has 1 N–H and O–H groups in total. The van der Waals surface area contributed by atoms with Gasteiger partial charge in [0, 0.05) is 12.4 Å². The summed E-state index contributed by atoms with van der Waals surface area (Å²) in [5, 5.41) is 3.55. The molecule has 34 heavy (non-hydrogen) atoms. The number of halogens is 1. The van der Waals surface area contributed by atoms with Crippen molar-refractivity contribution in [3.8, 4) is 11.6 Å². The lowest BCUT2D eigenvalue weighted by Gasteiger charge is -2.14. The van der Waals surface area contributed by atoms with Gasteiger partial charge in [0.1, 0.15) is 24.3 Å². The number of hydrogen-bond acceptors (Lipinski definition) is 7. The van der Waals surface area contributed by atoms with Gasteiger partial charge in [-0.2, -0.15) is 9.97 Å². The van der Waals surface area contributed by atoms with E-state index in [1.54, 1.807) is 31.1 Å². The number of aromatic nitrogens is 8. The molecular weight excluding hydrogens is 450 g/mol. The third-order valence-electron chi connectivity index (χ3n) is 5.61. The highest BCUT2D eigenvalue weighted by Crippen LogP contribution is 2.26. The van der Waals surface area contributed by atoms with Crippen LogP contribution in [0.5, 0.6) is 0 Å². The minimum Gasteiger partial charge on any atom is -0.348 e. The Bertz CT molecular complexity index is 1620. The van der Waals surface area contributed by atoms with Crippen LogP contribution < -0.4 is 5.32 Å². The Balaban J connectivity index is 1.40. The normalized spacial score (nSPS) is 12.3. The van der Waals surface area contributed by atoms with Gasteiger partial charge < -0.3 is 5.32 Å². The molecule has 0 unspecified atom stereocenters. The second-order valence-electron chi connectivity index (χ2n) is 7.76. The molecule has 0 fully saturated rings. The summed E-state index contributed by atoms with van der Waals surface area (Å²) in [6.45, 7) is 2.08. The average molecular weight is 468 g/mol. The fourth-order valence-corrected chi connectivity index (χ4v) is 4.05. The van der Waals surface area contributed by atoms with Crippen molar-refractivity contribution >= 4 is 39.6 Å². The molecule has 0 spiro atoms. The van der Waals surface area contributed by atoms with Gasteiger partial charge in [-0.15, -0.1) is 0 Å². The van der Waals surface area contributed by atoms with Crippen molar-refractivity contribution in [3.63, 3.8) is 0 Å². The number of rotatable bonds is 5. The summed E-state index contributed by atoms with van der Waals surface area (Å²) in [6.07, 6.45) is 6.82. The zero-order valence-corrected chi connectivity index (χ0v) is 18.8. The van der Waals surface area contributed by atoms with E-state index in [1.807, 2.05) is 45.5 Å². The fraction of sp³-hybridized carbons (Fsp3) is 0.0833. The lowest BCUT2D eigenvalue weighted by Crippen LogP contribution is -2.10. The highest BCUT2D eigenvalue weighted by molar-refractivity contribution is 6.28. The zero-order chi connectivity index (χ0) is 23.1. The monoisotopic (exact) mass is 467 g/mol. The molecule has 1 atom stereocenters. The van der Waals surface area contributed by atoms with Crippen LogP contribution in [0.4, 0.5) is 5.95 Å². The van der Waals surface area contributed by atoms with E-state index in [0.29, 0.717) is 17.6 Å². The van der Waals surface area contributed by atoms with Crippen LogP contribution in [0.3, 0.4) is 0 Å². The van der Waals surface area contributed by atoms with Gasteiger partial charge in [-0.25, -0.2) is 19.9 Å². The van der Waals surface area contributed by atoms with E-state index < -0.39 is 0 Å². The van der Waals surface area contributed by atoms with Crippen LogP contribution in [0, 0.1) is 0 Å². The van der Waals surface area contributed by atoms with Gasteiger partial charge in [0.05, 0.1) is 28.1 Å². The molecule has 166 valence electrons. The average Bonchev–Trinajstić information content (AvgIpc) is 3.47. The van der Waals surface area contributed by atoms with E-state index in [9.17, 15) is 0 Å². The number of imidazole rings is 2. The van der Waals surface area contributed by atoms with Crippen molar-refractivity contribution in [3.05, 3.63) is 90.5 Å². The van der Waals surface area contributed by atoms with Crippen molar-refractivity contribution in [2.24, 2.45) is 0 Å². The van der Waals surface area contributed by atoms with Gasteiger partial charge >= 0.3 is 0 Å². The number of hydrogen-bond donors (Lipinski definition) is 1. The van der Waals surface area contributed by atoms with Gasteiger partial charge in [-0.1, -0.05) is 30.3 Å². The van der Waals surface area contributed by atoms with Crippen LogP contribution in [-0.4, -0.2) is 39.0 Å². The molecule has 9 nitrogen and oxygen atoms in total. The van der Waals surface area contributed by atoms with E-state index >= 15 is 0 Å². The molecule has 0 aliphatic carbocycles. The Morgan fingerprint density at radius 1 is 0.765 bits per heavy atom. The topological polar surface area (TPSA) is 99.2 Å². The highest BCUT2D eigenvalue weighted by Gasteiger charge is 2.14. The molecule has 6 rings (SSSR count). The molecule has 6 aromatic rings. The van der Waals surface area contributed by atoms with Crippen LogP contribution >= 0.6 is 11.6 Å². The number of fused-ring (bicyclic) bond motifs is 2. The first-order valence-corrected chi connectivity index (χ1v) is 11.0. The van der Waals surface area contributed by atoms with Gasteiger partial charge in [-0.3, -0.25) is 9.13 Å². The van der Waals surface area contributed by atoms with Crippen molar-refractivity contribution in [1.29, 1.82) is 0 Å². The summed E-state index contributed by atoms with van der Waals surface area (Å²) in [6, 6.07) is 17.8. The van der Waals surface area contributed by atoms with Crippen molar-refractivity contribution in [2.45, 2.75) is 13.0 Å². The Hall–Kier alpha value is -4.37. The smallest absolute Gasteiger partial charge is 0.225 e. The second kappa shape index (κ2) is 8.20. The predicted molar refractivity (Wildman–Crippen MR) is 130 cm³/mol. The molecule has 0 aliphatic heterocycles. The lowest BCUT2D eigenvalue weighted by molar-refractivity contribution is 0.854. The first-order valence-electron chi connectivity index (χ1n) is 10.6. The van der Waals surface area contributed by atoms with Crippen molar-refractivity contribution in [1.82, 2.24) is 39.0 Å². The molecule has 0 aliphatic rings. The Morgan fingerprint density at radius 2 is 1.41 bits per heavy atom. The number of benzene rings is 2. The summed E-state index contributed by atoms with van der Waals surface area (Å²) in [5.41, 5.74) is 4.52. The largest absolute Gasteiger partial charge is 0.348 e. The van der Waals surface area contributed by atoms with Crippen LogP contribution in [0.25, 0.3) is 33.7 Å². The molecule has 0 saturated carbocycles. The van der Waals surface area contributed by atoms with Crippen LogP contribution in [0.1, 0.15) is 18.5 Å². The van der Waals surface area contributed by atoms with Crippen LogP contribution in [-0.2, 0) is 0 Å². The molecule has 0 radical (unpaired) electrons. The summed E-state index contributed by atoms with van der Waals surface area (Å²) in [5.74, 6) is 1.88. The standard InChI is InChI=1S/C24H18ClN9/c1-15(16-5-3-2-4-6-16)30-24-27-10-8-22(32-24)34-14-29-18-11-17-19(12-20(18)34)33(13-28-17)21-7-9-26-23(25)31-21/h2-15H,1H3,(H,27,30,32)/t15-/m0/s1. The molecular formula is C24H18ClN9. The molecule has 0 bridgehead atoms. The summed E-state index contributed by atoms with van der Waals surface area (Å²) >= 11 is 6.00. The zero-order valence-electron chi connectivity index (χ0n) is 18.0. The minimum atomic E-state index is 0.0599. The van der Waals surface area contributed by atoms with E-state index in [1.165, 1.54) is 0 Å². The molecule has 0 amide bonds. The quantitative estimate of drug-likeness (QED) is 0.364. The van der Waals surface area contributed by atoms with Gasteiger partial charge in [-0.05, 0) is 48.4 Å². The molecule has 2 aromatic carbocycles. The maximum absolute atomic E-state index is 6.00. The maximum atomic E-state index is 6.00. The van der Waals surface area contributed by atoms with Crippen molar-refractivity contribution in [2.75, 3.05) is 5.32 Å². The molecule has 10 heteroatoms. The number of anilines is 1. The van der Waals surface area contributed by atoms with E-state index in [0.717, 1.165) is 27.6 Å². The first kappa shape index (κ1) is 20.3. The van der Waals surface area contributed by atoms with Crippen LogP contribution in [0.15, 0.2) is 79.6 Å². The van der Waals surface area contributed by atoms with E-state index in [2.05, 4.69) is 49.3 Å². The third-order valence-corrected chi connectivity index (χ3v) is 5.79. The first-order chi connectivity index (χ1) is 16.7. The predicted octanol–water partition coefficient (Wildman–Crippen LogP) is 4.77. The Labute approximate surface area is 199 Å². The Morgan fingerprint density at radius 3 is 2.09 bits per heavy atom. The molecule has 4 heterocycles. The Kier molecular flexibility index (Phi) is 4.88. The number of nitrogens with zero attached hydrogens (tertiary/aromatic N) is 8. The third kappa shape index (κ3) is 3.61. The summed E-state index contributed by atoms with van der Waals surface area (Å²) < 4.78 is 3.80. The second-order valence-corrected chi connectivity index (χ2v) is 8.10.